The van der Waals surface area contributed by atoms with E-state index in [9.17, 15) is 18.0 Å². The van der Waals surface area contributed by atoms with Gasteiger partial charge in [0.2, 0.25) is 0 Å². The standard InChI is InChI=1S/C17H15F3N2OS/c1-24-15-9-11-7-8-22(14(11)10-13(15)17(18,19)20)16(23)21-12-5-3-2-4-6-12/h2-6,9-10H,7-8H2,1H3,(H,21,23). The third-order valence-electron chi connectivity index (χ3n) is 3.87. The van der Waals surface area contributed by atoms with Gasteiger partial charge >= 0.3 is 12.2 Å². The highest BCUT2D eigenvalue weighted by Gasteiger charge is 2.36. The molecule has 2 aromatic carbocycles. The molecular weight excluding hydrogens is 337 g/mol. The van der Waals surface area contributed by atoms with Crippen LogP contribution in [0.25, 0.3) is 0 Å². The lowest BCUT2D eigenvalue weighted by atomic mass is 10.1. The van der Waals surface area contributed by atoms with E-state index in [0.29, 0.717) is 24.3 Å². The number of amides is 2. The molecule has 1 aliphatic heterocycles. The van der Waals surface area contributed by atoms with Crippen LogP contribution in [0.5, 0.6) is 0 Å². The summed E-state index contributed by atoms with van der Waals surface area (Å²) in [4.78, 5) is 14.0. The molecule has 0 saturated heterocycles. The molecule has 0 atom stereocenters. The zero-order valence-corrected chi connectivity index (χ0v) is 13.7. The molecule has 3 nitrogen and oxygen atoms in total. The summed E-state index contributed by atoms with van der Waals surface area (Å²) in [5, 5.41) is 2.71. The van der Waals surface area contributed by atoms with Gasteiger partial charge < -0.3 is 5.32 Å². The number of urea groups is 1. The second-order valence-electron chi connectivity index (χ2n) is 5.38. The van der Waals surface area contributed by atoms with Gasteiger partial charge in [-0.05, 0) is 42.5 Å². The van der Waals surface area contributed by atoms with Crippen molar-refractivity contribution in [3.63, 3.8) is 0 Å². The third kappa shape index (κ3) is 3.21. The Morgan fingerprint density at radius 2 is 1.92 bits per heavy atom. The highest BCUT2D eigenvalue weighted by Crippen LogP contribution is 2.41. The van der Waals surface area contributed by atoms with E-state index in [2.05, 4.69) is 5.32 Å². The van der Waals surface area contributed by atoms with Crippen molar-refractivity contribution in [1.82, 2.24) is 0 Å². The number of benzene rings is 2. The Morgan fingerprint density at radius 1 is 1.21 bits per heavy atom. The molecule has 24 heavy (non-hydrogen) atoms. The normalized spacial score (nSPS) is 13.8. The topological polar surface area (TPSA) is 32.3 Å². The van der Waals surface area contributed by atoms with Gasteiger partial charge in [-0.25, -0.2) is 4.79 Å². The summed E-state index contributed by atoms with van der Waals surface area (Å²) in [6.45, 7) is 0.364. The van der Waals surface area contributed by atoms with E-state index in [4.69, 9.17) is 0 Å². The Bertz CT molecular complexity index is 762. The lowest BCUT2D eigenvalue weighted by Crippen LogP contribution is -2.33. The molecular formula is C17H15F3N2OS. The van der Waals surface area contributed by atoms with Crippen LogP contribution >= 0.6 is 11.8 Å². The van der Waals surface area contributed by atoms with Crippen LogP contribution in [0.2, 0.25) is 0 Å². The maximum absolute atomic E-state index is 13.2. The fourth-order valence-corrected chi connectivity index (χ4v) is 3.38. The van der Waals surface area contributed by atoms with Crippen molar-refractivity contribution >= 4 is 29.2 Å². The van der Waals surface area contributed by atoms with Crippen molar-refractivity contribution in [2.45, 2.75) is 17.5 Å². The molecule has 0 aromatic heterocycles. The number of thioether (sulfide) groups is 1. The van der Waals surface area contributed by atoms with Crippen LogP contribution in [-0.2, 0) is 12.6 Å². The molecule has 1 aliphatic rings. The number of fused-ring (bicyclic) bond motifs is 1. The summed E-state index contributed by atoms with van der Waals surface area (Å²) in [7, 11) is 0. The number of hydrogen-bond donors (Lipinski definition) is 1. The van der Waals surface area contributed by atoms with Gasteiger partial charge in [0, 0.05) is 22.8 Å². The van der Waals surface area contributed by atoms with Gasteiger partial charge in [0.15, 0.2) is 0 Å². The highest BCUT2D eigenvalue weighted by atomic mass is 32.2. The zero-order chi connectivity index (χ0) is 17.3. The van der Waals surface area contributed by atoms with E-state index in [1.807, 2.05) is 6.07 Å². The molecule has 7 heteroatoms. The lowest BCUT2D eigenvalue weighted by Gasteiger charge is -2.20. The van der Waals surface area contributed by atoms with Crippen molar-refractivity contribution in [1.29, 1.82) is 0 Å². The minimum atomic E-state index is -4.45. The quantitative estimate of drug-likeness (QED) is 0.770. The lowest BCUT2D eigenvalue weighted by molar-refractivity contribution is -0.139. The fraction of sp³-hybridized carbons (Fsp3) is 0.235. The van der Waals surface area contributed by atoms with Crippen molar-refractivity contribution in [2.24, 2.45) is 0 Å². The molecule has 0 fully saturated rings. The van der Waals surface area contributed by atoms with Gasteiger partial charge in [0.25, 0.3) is 0 Å². The van der Waals surface area contributed by atoms with Crippen LogP contribution in [-0.4, -0.2) is 18.8 Å². The first kappa shape index (κ1) is 16.7. The van der Waals surface area contributed by atoms with Crippen LogP contribution in [0.3, 0.4) is 0 Å². The van der Waals surface area contributed by atoms with Gasteiger partial charge in [-0.3, -0.25) is 4.90 Å². The molecule has 1 heterocycles. The number of nitrogens with zero attached hydrogens (tertiary/aromatic N) is 1. The number of carbonyl (C=O) groups is 1. The smallest absolute Gasteiger partial charge is 0.308 e. The Morgan fingerprint density at radius 3 is 2.54 bits per heavy atom. The Balaban J connectivity index is 1.92. The van der Waals surface area contributed by atoms with Gasteiger partial charge in [-0.15, -0.1) is 11.8 Å². The monoisotopic (exact) mass is 352 g/mol. The van der Waals surface area contributed by atoms with Crippen LogP contribution in [0.15, 0.2) is 47.4 Å². The number of nitrogens with one attached hydrogen (secondary N) is 1. The SMILES string of the molecule is CSc1cc2c(cc1C(F)(F)F)N(C(=O)Nc1ccccc1)CC2. The Labute approximate surface area is 141 Å². The number of rotatable bonds is 2. The zero-order valence-electron chi connectivity index (χ0n) is 12.9. The minimum Gasteiger partial charge on any atom is -0.308 e. The molecule has 0 unspecified atom stereocenters. The summed E-state index contributed by atoms with van der Waals surface area (Å²) < 4.78 is 39.7. The maximum Gasteiger partial charge on any atom is 0.417 e. The van der Waals surface area contributed by atoms with E-state index in [-0.39, 0.29) is 4.90 Å². The first-order chi connectivity index (χ1) is 11.4. The minimum absolute atomic E-state index is 0.187. The number of halogens is 3. The van der Waals surface area contributed by atoms with Gasteiger partial charge in [0.1, 0.15) is 0 Å². The van der Waals surface area contributed by atoms with Gasteiger partial charge in [-0.1, -0.05) is 18.2 Å². The number of hydrogen-bond acceptors (Lipinski definition) is 2. The molecule has 3 rings (SSSR count). The largest absolute Gasteiger partial charge is 0.417 e. The van der Waals surface area contributed by atoms with Crippen molar-refractivity contribution in [2.75, 3.05) is 23.0 Å². The number of alkyl halides is 3. The summed E-state index contributed by atoms with van der Waals surface area (Å²) in [6, 6.07) is 11.0. The molecule has 0 spiro atoms. The van der Waals surface area contributed by atoms with Crippen molar-refractivity contribution in [3.05, 3.63) is 53.6 Å². The molecule has 0 aliphatic carbocycles. The average Bonchev–Trinajstić information content (AvgIpc) is 2.96. The van der Waals surface area contributed by atoms with Crippen molar-refractivity contribution in [3.8, 4) is 0 Å². The van der Waals surface area contributed by atoms with E-state index in [1.165, 1.54) is 4.90 Å². The number of anilines is 2. The molecule has 0 saturated carbocycles. The van der Waals surface area contributed by atoms with Gasteiger partial charge in [-0.2, -0.15) is 13.2 Å². The highest BCUT2D eigenvalue weighted by molar-refractivity contribution is 7.98. The van der Waals surface area contributed by atoms with Crippen LogP contribution in [0.1, 0.15) is 11.1 Å². The molecule has 0 radical (unpaired) electrons. The van der Waals surface area contributed by atoms with Crippen LogP contribution < -0.4 is 10.2 Å². The van der Waals surface area contributed by atoms with E-state index >= 15 is 0 Å². The molecule has 0 bridgehead atoms. The number of para-hydroxylation sites is 1. The summed E-state index contributed by atoms with van der Waals surface area (Å²) in [6.07, 6.45) is -2.29. The molecule has 126 valence electrons. The summed E-state index contributed by atoms with van der Waals surface area (Å²) in [5.41, 5.74) is 0.991. The third-order valence-corrected chi connectivity index (χ3v) is 4.65. The van der Waals surface area contributed by atoms with Crippen molar-refractivity contribution < 1.29 is 18.0 Å². The first-order valence-electron chi connectivity index (χ1n) is 7.32. The van der Waals surface area contributed by atoms with E-state index in [0.717, 1.165) is 23.4 Å². The van der Waals surface area contributed by atoms with Crippen LogP contribution in [0, 0.1) is 0 Å². The van der Waals surface area contributed by atoms with E-state index in [1.54, 1.807) is 36.6 Å². The van der Waals surface area contributed by atoms with E-state index < -0.39 is 17.8 Å². The summed E-state index contributed by atoms with van der Waals surface area (Å²) >= 11 is 1.06. The second kappa shape index (κ2) is 6.39. The fourth-order valence-electron chi connectivity index (χ4n) is 2.73. The molecule has 1 N–H and O–H groups in total. The first-order valence-corrected chi connectivity index (χ1v) is 8.54. The summed E-state index contributed by atoms with van der Waals surface area (Å²) in [5.74, 6) is 0. The average molecular weight is 352 g/mol. The van der Waals surface area contributed by atoms with Gasteiger partial charge in [0.05, 0.1) is 5.56 Å². The maximum atomic E-state index is 13.2. The Kier molecular flexibility index (Phi) is 4.45. The predicted molar refractivity (Wildman–Crippen MR) is 89.7 cm³/mol. The second-order valence-corrected chi connectivity index (χ2v) is 6.22. The Hall–Kier alpha value is -2.15. The predicted octanol–water partition coefficient (Wildman–Crippen LogP) is 5.02. The molecule has 2 aromatic rings. The van der Waals surface area contributed by atoms with Crippen LogP contribution in [0.4, 0.5) is 29.3 Å². The number of carbonyl (C=O) groups excluding carboxylic acids is 1. The molecule has 2 amide bonds.